The van der Waals surface area contributed by atoms with E-state index in [0.29, 0.717) is 6.42 Å². The number of hydrogen-bond donors (Lipinski definition) is 1. The van der Waals surface area contributed by atoms with E-state index in [0.717, 1.165) is 12.2 Å². The molecule has 0 unspecified atom stereocenters. The van der Waals surface area contributed by atoms with Crippen LogP contribution < -0.4 is 57.1 Å². The third kappa shape index (κ3) is 14.3. The summed E-state index contributed by atoms with van der Waals surface area (Å²) in [4.78, 5) is 11.5. The van der Waals surface area contributed by atoms with Crippen molar-refractivity contribution < 1.29 is 56.2 Å². The molecule has 2 N–H and O–H groups in total. The van der Waals surface area contributed by atoms with Gasteiger partial charge in [-0.2, -0.15) is 18.2 Å². The molecule has 78 valence electrons. The van der Waals surface area contributed by atoms with Gasteiger partial charge in [0.2, 0.25) is 0 Å². The Kier molecular flexibility index (Phi) is 14.6. The van der Waals surface area contributed by atoms with E-state index < -0.39 is 0 Å². The van der Waals surface area contributed by atoms with Crippen LogP contribution in [-0.4, -0.2) is 31.8 Å². The first-order chi connectivity index (χ1) is 6.66. The summed E-state index contributed by atoms with van der Waals surface area (Å²) in [5, 5.41) is 0. The quantitative estimate of drug-likeness (QED) is 0.376. The zero-order chi connectivity index (χ0) is 10.8. The second-order valence-corrected chi connectivity index (χ2v) is 3.03. The van der Waals surface area contributed by atoms with E-state index in [-0.39, 0.29) is 51.4 Å². The molecule has 0 amide bonds. The largest absolute Gasteiger partial charge is 1.00 e. The maximum absolute atomic E-state index is 9.56. The van der Waals surface area contributed by atoms with Crippen LogP contribution >= 0.6 is 0 Å². The average molecular weight is 231 g/mol. The average Bonchev–Trinajstić information content (AvgIpc) is 2.17. The van der Waals surface area contributed by atoms with Gasteiger partial charge < -0.3 is 15.4 Å². The fourth-order valence-electron chi connectivity index (χ4n) is 0.669. The minimum absolute atomic E-state index is 0. The van der Waals surface area contributed by atoms with Crippen LogP contribution in [0.5, 0.6) is 0 Å². The fourth-order valence-corrected chi connectivity index (χ4v) is 0.669. The smallest absolute Gasteiger partial charge is 0.542 e. The summed E-state index contributed by atoms with van der Waals surface area (Å²) >= 11 is 0. The molecule has 0 fully saturated rings. The van der Waals surface area contributed by atoms with Crippen LogP contribution in [-0.2, 0) is 4.79 Å². The molecule has 0 aliphatic rings. The van der Waals surface area contributed by atoms with Crippen molar-refractivity contribution in [2.24, 2.45) is 0 Å². The van der Waals surface area contributed by atoms with Crippen LogP contribution in [0.25, 0.3) is 0 Å². The number of nitrogens with two attached hydrogens (primary N) is 1. The Morgan fingerprint density at radius 3 is 2.13 bits per heavy atom. The molecule has 0 spiro atoms. The van der Waals surface area contributed by atoms with Gasteiger partial charge in [0.1, 0.15) is 0 Å². The maximum atomic E-state index is 9.56. The third-order valence-electron chi connectivity index (χ3n) is 1.41. The minimum Gasteiger partial charge on any atom is -0.542 e. The van der Waals surface area contributed by atoms with E-state index in [2.05, 4.69) is 6.07 Å². The minimum atomic E-state index is 0. The molecular formula is C11H16KN2O-. The Bertz CT molecular complexity index is 240. The molecule has 0 aliphatic carbocycles. The van der Waals surface area contributed by atoms with Crippen molar-refractivity contribution in [1.82, 2.24) is 4.90 Å². The van der Waals surface area contributed by atoms with Crippen molar-refractivity contribution in [3.05, 3.63) is 30.3 Å². The topological polar surface area (TPSA) is 46.3 Å². The summed E-state index contributed by atoms with van der Waals surface area (Å²) in [5.74, 6) is 0. The Hall–Kier alpha value is 0.286. The predicted octanol–water partition coefficient (Wildman–Crippen LogP) is -1.88. The Labute approximate surface area is 134 Å². The van der Waals surface area contributed by atoms with Crippen LogP contribution in [0.1, 0.15) is 6.42 Å². The summed E-state index contributed by atoms with van der Waals surface area (Å²) in [6.45, 7) is 0.809. The second kappa shape index (κ2) is 12.4. The number of nitrogens with zero attached hydrogens (tertiary/aromatic N) is 1. The Balaban J connectivity index is 0. The van der Waals surface area contributed by atoms with Gasteiger partial charge in [-0.25, -0.2) is 0 Å². The van der Waals surface area contributed by atoms with Gasteiger partial charge >= 0.3 is 51.4 Å². The van der Waals surface area contributed by atoms with Gasteiger partial charge in [-0.15, -0.1) is 18.6 Å². The van der Waals surface area contributed by atoms with E-state index in [9.17, 15) is 4.79 Å². The Morgan fingerprint density at radius 2 is 1.93 bits per heavy atom. The summed E-state index contributed by atoms with van der Waals surface area (Å²) in [5.41, 5.74) is 6.13. The van der Waals surface area contributed by atoms with E-state index in [4.69, 9.17) is 5.73 Å². The molecule has 1 rings (SSSR count). The first kappa shape index (κ1) is 17.7. The molecule has 0 radical (unpaired) electrons. The molecule has 0 saturated heterocycles. The molecule has 0 bridgehead atoms. The molecule has 0 aromatic heterocycles. The Morgan fingerprint density at radius 1 is 1.40 bits per heavy atom. The third-order valence-corrected chi connectivity index (χ3v) is 1.41. The number of nitrogen functional groups attached to an aromatic ring is 1. The molecule has 0 heterocycles. The van der Waals surface area contributed by atoms with Gasteiger partial charge in [-0.1, -0.05) is 5.69 Å². The van der Waals surface area contributed by atoms with Crippen LogP contribution in [0.4, 0.5) is 5.69 Å². The van der Waals surface area contributed by atoms with Crippen molar-refractivity contribution >= 4 is 12.0 Å². The van der Waals surface area contributed by atoms with Gasteiger partial charge in [0, 0.05) is 0 Å². The first-order valence-corrected chi connectivity index (χ1v) is 4.38. The standard InChI is InChI=1S/C6H6N.C5H10NO.K/c7-6-4-2-1-3-5-6;1-6(2)4-3-5-7;/h2-5H,7H2;3-4H2,1-2H3;/q2*-1;+1. The monoisotopic (exact) mass is 231 g/mol. The maximum Gasteiger partial charge on any atom is 1.00 e. The van der Waals surface area contributed by atoms with Gasteiger partial charge in [0.25, 0.3) is 0 Å². The molecular weight excluding hydrogens is 215 g/mol. The van der Waals surface area contributed by atoms with Crippen molar-refractivity contribution in [1.29, 1.82) is 0 Å². The molecule has 3 nitrogen and oxygen atoms in total. The van der Waals surface area contributed by atoms with Crippen molar-refractivity contribution in [3.63, 3.8) is 0 Å². The van der Waals surface area contributed by atoms with Crippen molar-refractivity contribution in [2.75, 3.05) is 26.4 Å². The van der Waals surface area contributed by atoms with Crippen LogP contribution in [0.2, 0.25) is 0 Å². The van der Waals surface area contributed by atoms with E-state index in [1.807, 2.05) is 25.3 Å². The van der Waals surface area contributed by atoms with Gasteiger partial charge in [0.15, 0.2) is 0 Å². The van der Waals surface area contributed by atoms with Crippen LogP contribution in [0, 0.1) is 6.07 Å². The van der Waals surface area contributed by atoms with Crippen LogP contribution in [0.3, 0.4) is 0 Å². The van der Waals surface area contributed by atoms with Gasteiger partial charge in [0.05, 0.1) is 0 Å². The van der Waals surface area contributed by atoms with E-state index in [1.54, 1.807) is 24.3 Å². The van der Waals surface area contributed by atoms with Gasteiger partial charge in [-0.3, -0.25) is 6.29 Å². The van der Waals surface area contributed by atoms with E-state index >= 15 is 0 Å². The molecule has 1 aromatic carbocycles. The zero-order valence-electron chi connectivity index (χ0n) is 9.66. The normalized spacial score (nSPS) is 8.47. The number of anilines is 1. The van der Waals surface area contributed by atoms with Gasteiger partial charge in [-0.05, 0) is 20.6 Å². The summed E-state index contributed by atoms with van der Waals surface area (Å²) in [7, 11) is 3.86. The molecule has 0 saturated carbocycles. The molecule has 0 aliphatic heterocycles. The van der Waals surface area contributed by atoms with Crippen LogP contribution in [0.15, 0.2) is 24.3 Å². The first-order valence-electron chi connectivity index (χ1n) is 4.38. The molecule has 0 atom stereocenters. The molecule has 1 aromatic rings. The zero-order valence-corrected chi connectivity index (χ0v) is 12.8. The summed E-state index contributed by atoms with van der Waals surface area (Å²) in [6, 6.07) is 10.0. The summed E-state index contributed by atoms with van der Waals surface area (Å²) < 4.78 is 0. The SMILES string of the molecule is CN(C)CC[C-]=O.Nc1cc[c-]cc1.[K+]. The second-order valence-electron chi connectivity index (χ2n) is 3.03. The number of benzene rings is 1. The van der Waals surface area contributed by atoms with Crippen molar-refractivity contribution in [2.45, 2.75) is 6.42 Å². The summed E-state index contributed by atoms with van der Waals surface area (Å²) in [6.07, 6.45) is 2.33. The fraction of sp³-hybridized carbons (Fsp3) is 0.364. The van der Waals surface area contributed by atoms with E-state index in [1.165, 1.54) is 0 Å². The number of rotatable bonds is 3. The molecule has 4 heteroatoms. The number of hydrogen-bond acceptors (Lipinski definition) is 3. The van der Waals surface area contributed by atoms with Crippen molar-refractivity contribution in [3.8, 4) is 0 Å². The number of carbonyl (C=O) groups excluding carboxylic acids is 1. The predicted molar refractivity (Wildman–Crippen MR) is 58.6 cm³/mol. The molecule has 15 heavy (non-hydrogen) atoms.